The SMILES string of the molecule is CCCCN(CCCC)c1ccc(C#Cc2cc(Br)c(Br)cc2C#Cc2ccc(N(CCCC)CCCC)cc2)cc1. The van der Waals surface area contributed by atoms with Crippen molar-refractivity contribution in [3.63, 3.8) is 0 Å². The molecule has 0 aromatic heterocycles. The molecule has 0 radical (unpaired) electrons. The van der Waals surface area contributed by atoms with E-state index in [9.17, 15) is 0 Å². The summed E-state index contributed by atoms with van der Waals surface area (Å²) in [6.07, 6.45) is 9.71. The van der Waals surface area contributed by atoms with Gasteiger partial charge in [0.05, 0.1) is 0 Å². The molecular formula is C38H46Br2N2. The molecule has 3 aromatic rings. The maximum atomic E-state index is 3.65. The van der Waals surface area contributed by atoms with E-state index in [4.69, 9.17) is 0 Å². The minimum Gasteiger partial charge on any atom is -0.372 e. The molecule has 0 amide bonds. The van der Waals surface area contributed by atoms with Crippen LogP contribution in [0.4, 0.5) is 11.4 Å². The van der Waals surface area contributed by atoms with Crippen molar-refractivity contribution in [2.24, 2.45) is 0 Å². The highest BCUT2D eigenvalue weighted by Crippen LogP contribution is 2.27. The van der Waals surface area contributed by atoms with Crippen molar-refractivity contribution in [2.45, 2.75) is 79.1 Å². The van der Waals surface area contributed by atoms with Gasteiger partial charge in [-0.1, -0.05) is 77.1 Å². The van der Waals surface area contributed by atoms with E-state index in [0.717, 1.165) is 57.4 Å². The molecular weight excluding hydrogens is 644 g/mol. The van der Waals surface area contributed by atoms with Gasteiger partial charge in [0.1, 0.15) is 0 Å². The summed E-state index contributed by atoms with van der Waals surface area (Å²) >= 11 is 7.31. The van der Waals surface area contributed by atoms with Crippen LogP contribution in [0.15, 0.2) is 69.6 Å². The summed E-state index contributed by atoms with van der Waals surface area (Å²) in [5.41, 5.74) is 6.41. The van der Waals surface area contributed by atoms with Gasteiger partial charge >= 0.3 is 0 Å². The number of halogens is 2. The van der Waals surface area contributed by atoms with Gasteiger partial charge in [-0.05, 0) is 118 Å². The van der Waals surface area contributed by atoms with Crippen LogP contribution >= 0.6 is 31.9 Å². The third-order valence-corrected chi connectivity index (χ3v) is 9.18. The Kier molecular flexibility index (Phi) is 15.1. The van der Waals surface area contributed by atoms with E-state index in [-0.39, 0.29) is 0 Å². The summed E-state index contributed by atoms with van der Waals surface area (Å²) in [7, 11) is 0. The molecule has 42 heavy (non-hydrogen) atoms. The normalized spacial score (nSPS) is 10.4. The lowest BCUT2D eigenvalue weighted by Crippen LogP contribution is -2.25. The fraction of sp³-hybridized carbons (Fsp3) is 0.421. The number of anilines is 2. The Bertz CT molecular complexity index is 1230. The van der Waals surface area contributed by atoms with Crippen LogP contribution < -0.4 is 9.80 Å². The summed E-state index contributed by atoms with van der Waals surface area (Å²) in [5.74, 6) is 13.5. The highest BCUT2D eigenvalue weighted by Gasteiger charge is 2.08. The molecule has 3 aromatic carbocycles. The van der Waals surface area contributed by atoms with Gasteiger partial charge in [0.2, 0.25) is 0 Å². The van der Waals surface area contributed by atoms with Crippen molar-refractivity contribution in [3.8, 4) is 23.7 Å². The summed E-state index contributed by atoms with van der Waals surface area (Å²) in [6, 6.07) is 21.5. The highest BCUT2D eigenvalue weighted by atomic mass is 79.9. The van der Waals surface area contributed by atoms with Crippen LogP contribution in [-0.2, 0) is 0 Å². The number of hydrogen-bond donors (Lipinski definition) is 0. The predicted molar refractivity (Wildman–Crippen MR) is 191 cm³/mol. The molecule has 0 aliphatic heterocycles. The molecule has 0 bridgehead atoms. The van der Waals surface area contributed by atoms with Crippen LogP contribution in [-0.4, -0.2) is 26.2 Å². The molecule has 0 unspecified atom stereocenters. The Morgan fingerprint density at radius 1 is 0.476 bits per heavy atom. The molecule has 0 spiro atoms. The Balaban J connectivity index is 1.81. The quantitative estimate of drug-likeness (QED) is 0.155. The maximum Gasteiger partial charge on any atom is 0.0417 e. The average Bonchev–Trinajstić information content (AvgIpc) is 3.01. The van der Waals surface area contributed by atoms with Gasteiger partial charge in [0.25, 0.3) is 0 Å². The van der Waals surface area contributed by atoms with E-state index in [1.165, 1.54) is 62.7 Å². The van der Waals surface area contributed by atoms with E-state index in [2.05, 4.69) is 154 Å². The minimum atomic E-state index is 0.913. The van der Waals surface area contributed by atoms with Crippen LogP contribution in [0.2, 0.25) is 0 Å². The smallest absolute Gasteiger partial charge is 0.0417 e. The van der Waals surface area contributed by atoms with Crippen molar-refractivity contribution >= 4 is 43.2 Å². The number of rotatable bonds is 14. The van der Waals surface area contributed by atoms with Gasteiger partial charge in [-0.3, -0.25) is 0 Å². The van der Waals surface area contributed by atoms with Crippen molar-refractivity contribution in [1.82, 2.24) is 0 Å². The van der Waals surface area contributed by atoms with Crippen LogP contribution in [0.5, 0.6) is 0 Å². The van der Waals surface area contributed by atoms with Gasteiger partial charge in [-0.15, -0.1) is 0 Å². The first kappa shape index (κ1) is 33.8. The zero-order valence-corrected chi connectivity index (χ0v) is 29.1. The second-order valence-corrected chi connectivity index (χ2v) is 12.5. The van der Waals surface area contributed by atoms with E-state index >= 15 is 0 Å². The third kappa shape index (κ3) is 10.9. The standard InChI is InChI=1S/C38H46Br2N2/c1-5-9-25-41(26-10-6-2)35-21-15-31(16-22-35)13-19-33-29-37(39)38(40)30-34(33)20-14-32-17-23-36(24-18-32)42(27-11-7-3)28-12-8-4/h15-18,21-24,29-30H,5-12,25-28H2,1-4H3. The molecule has 0 aliphatic carbocycles. The zero-order valence-electron chi connectivity index (χ0n) is 25.9. The lowest BCUT2D eigenvalue weighted by Gasteiger charge is -2.24. The molecule has 0 saturated heterocycles. The van der Waals surface area contributed by atoms with Gasteiger partial charge in [0, 0.05) is 68.8 Å². The van der Waals surface area contributed by atoms with E-state index in [0.29, 0.717) is 0 Å². The molecule has 0 heterocycles. The number of hydrogen-bond acceptors (Lipinski definition) is 2. The van der Waals surface area contributed by atoms with Crippen LogP contribution in [0, 0.1) is 23.7 Å². The maximum absolute atomic E-state index is 3.65. The Morgan fingerprint density at radius 2 is 0.786 bits per heavy atom. The topological polar surface area (TPSA) is 6.48 Å². The van der Waals surface area contributed by atoms with E-state index in [1.807, 2.05) is 0 Å². The average molecular weight is 691 g/mol. The van der Waals surface area contributed by atoms with Crippen molar-refractivity contribution in [3.05, 3.63) is 91.9 Å². The monoisotopic (exact) mass is 688 g/mol. The van der Waals surface area contributed by atoms with Crippen LogP contribution in [0.3, 0.4) is 0 Å². The summed E-state index contributed by atoms with van der Waals surface area (Å²) < 4.78 is 1.94. The van der Waals surface area contributed by atoms with E-state index < -0.39 is 0 Å². The fourth-order valence-electron chi connectivity index (χ4n) is 4.68. The Labute approximate surface area is 272 Å². The summed E-state index contributed by atoms with van der Waals surface area (Å²) in [5, 5.41) is 0. The first-order valence-corrected chi connectivity index (χ1v) is 17.3. The van der Waals surface area contributed by atoms with Gasteiger partial charge < -0.3 is 9.80 Å². The molecule has 0 N–H and O–H groups in total. The fourth-order valence-corrected chi connectivity index (χ4v) is 5.37. The molecule has 2 nitrogen and oxygen atoms in total. The lowest BCUT2D eigenvalue weighted by atomic mass is 10.1. The Hall–Kier alpha value is -2.66. The van der Waals surface area contributed by atoms with Crippen molar-refractivity contribution in [2.75, 3.05) is 36.0 Å². The van der Waals surface area contributed by atoms with Gasteiger partial charge in [0.15, 0.2) is 0 Å². The summed E-state index contributed by atoms with van der Waals surface area (Å²) in [6.45, 7) is 13.4. The molecule has 0 atom stereocenters. The molecule has 4 heteroatoms. The van der Waals surface area contributed by atoms with Crippen LogP contribution in [0.25, 0.3) is 0 Å². The number of nitrogens with zero attached hydrogens (tertiary/aromatic N) is 2. The van der Waals surface area contributed by atoms with Crippen molar-refractivity contribution in [1.29, 1.82) is 0 Å². The first-order chi connectivity index (χ1) is 20.5. The number of unbranched alkanes of at least 4 members (excludes halogenated alkanes) is 4. The van der Waals surface area contributed by atoms with E-state index in [1.54, 1.807) is 0 Å². The van der Waals surface area contributed by atoms with Gasteiger partial charge in [-0.2, -0.15) is 0 Å². The molecule has 3 rings (SSSR count). The minimum absolute atomic E-state index is 0.913. The molecule has 0 fully saturated rings. The molecule has 0 aliphatic rings. The Morgan fingerprint density at radius 3 is 1.07 bits per heavy atom. The number of benzene rings is 3. The first-order valence-electron chi connectivity index (χ1n) is 15.7. The summed E-state index contributed by atoms with van der Waals surface area (Å²) in [4.78, 5) is 5.01. The second kappa shape index (κ2) is 18.8. The van der Waals surface area contributed by atoms with Gasteiger partial charge in [-0.25, -0.2) is 0 Å². The van der Waals surface area contributed by atoms with Crippen LogP contribution in [0.1, 0.15) is 101 Å². The predicted octanol–water partition coefficient (Wildman–Crippen LogP) is 10.8. The molecule has 0 saturated carbocycles. The second-order valence-electron chi connectivity index (χ2n) is 10.8. The lowest BCUT2D eigenvalue weighted by molar-refractivity contribution is 0.678. The zero-order chi connectivity index (χ0) is 30.2. The van der Waals surface area contributed by atoms with Crippen molar-refractivity contribution < 1.29 is 0 Å². The third-order valence-electron chi connectivity index (χ3n) is 7.33. The highest BCUT2D eigenvalue weighted by molar-refractivity contribution is 9.13. The largest absolute Gasteiger partial charge is 0.372 e. The molecule has 222 valence electrons.